The standard InChI is InChI=1S/C9H17NO3Si/c1-14(2,3)13-8-6-4-5-7-10(8)9(11)12/h5,7-8H,4,6H2,1-3H3,(H,11,12). The largest absolute Gasteiger partial charge is 0.465 e. The zero-order valence-electron chi connectivity index (χ0n) is 8.86. The normalized spacial score (nSPS) is 22.5. The van der Waals surface area contributed by atoms with Gasteiger partial charge >= 0.3 is 6.09 Å². The molecular weight excluding hydrogens is 198 g/mol. The number of hydrogen-bond donors (Lipinski definition) is 1. The van der Waals surface area contributed by atoms with Crippen LogP contribution >= 0.6 is 0 Å². The summed E-state index contributed by atoms with van der Waals surface area (Å²) in [6.45, 7) is 6.18. The Hall–Kier alpha value is -0.813. The smallest absolute Gasteiger partial charge is 0.413 e. The van der Waals surface area contributed by atoms with Crippen molar-refractivity contribution in [2.24, 2.45) is 0 Å². The Bertz CT molecular complexity index is 247. The average molecular weight is 215 g/mol. The summed E-state index contributed by atoms with van der Waals surface area (Å²) in [5.74, 6) is 0. The van der Waals surface area contributed by atoms with Crippen molar-refractivity contribution in [3.63, 3.8) is 0 Å². The van der Waals surface area contributed by atoms with Gasteiger partial charge in [0.25, 0.3) is 0 Å². The van der Waals surface area contributed by atoms with Gasteiger partial charge in [0, 0.05) is 6.20 Å². The summed E-state index contributed by atoms with van der Waals surface area (Å²) in [5.41, 5.74) is 0. The molecule has 0 aromatic carbocycles. The Morgan fingerprint density at radius 2 is 2.21 bits per heavy atom. The SMILES string of the molecule is C[Si](C)(C)OC1CCC=CN1C(=O)O. The molecule has 1 aliphatic rings. The molecule has 1 atom stereocenters. The molecule has 1 unspecified atom stereocenters. The predicted molar refractivity (Wildman–Crippen MR) is 56.5 cm³/mol. The second-order valence-electron chi connectivity index (χ2n) is 4.34. The molecule has 5 heteroatoms. The zero-order chi connectivity index (χ0) is 10.8. The van der Waals surface area contributed by atoms with Crippen LogP contribution in [0.1, 0.15) is 12.8 Å². The molecule has 0 aliphatic carbocycles. The molecule has 0 spiro atoms. The van der Waals surface area contributed by atoms with Gasteiger partial charge < -0.3 is 9.53 Å². The number of allylic oxidation sites excluding steroid dienone is 1. The number of hydrogen-bond acceptors (Lipinski definition) is 2. The topological polar surface area (TPSA) is 49.8 Å². The number of carboxylic acid groups (broad SMARTS) is 1. The van der Waals surface area contributed by atoms with Crippen molar-refractivity contribution in [1.29, 1.82) is 0 Å². The second kappa shape index (κ2) is 4.14. The van der Waals surface area contributed by atoms with E-state index in [4.69, 9.17) is 9.53 Å². The minimum absolute atomic E-state index is 0.288. The van der Waals surface area contributed by atoms with E-state index < -0.39 is 14.4 Å². The Kier molecular flexibility index (Phi) is 3.33. The molecule has 1 N–H and O–H groups in total. The van der Waals surface area contributed by atoms with E-state index >= 15 is 0 Å². The minimum atomic E-state index is -1.67. The van der Waals surface area contributed by atoms with Crippen LogP contribution < -0.4 is 0 Å². The fraction of sp³-hybridized carbons (Fsp3) is 0.667. The minimum Gasteiger partial charge on any atom is -0.465 e. The molecule has 0 saturated heterocycles. The van der Waals surface area contributed by atoms with Crippen molar-refractivity contribution in [3.05, 3.63) is 12.3 Å². The molecule has 1 rings (SSSR count). The van der Waals surface area contributed by atoms with Gasteiger partial charge in [-0.3, -0.25) is 4.90 Å². The molecule has 14 heavy (non-hydrogen) atoms. The van der Waals surface area contributed by atoms with Gasteiger partial charge in [-0.2, -0.15) is 0 Å². The molecule has 1 amide bonds. The Labute approximate surface area is 85.3 Å². The molecule has 0 saturated carbocycles. The first-order valence-corrected chi connectivity index (χ1v) is 8.17. The van der Waals surface area contributed by atoms with E-state index in [1.165, 1.54) is 4.90 Å². The summed E-state index contributed by atoms with van der Waals surface area (Å²) in [6.07, 6.45) is 3.87. The Balaban J connectivity index is 2.67. The first kappa shape index (κ1) is 11.3. The van der Waals surface area contributed by atoms with Crippen LogP contribution in [0, 0.1) is 0 Å². The fourth-order valence-electron chi connectivity index (χ4n) is 1.37. The second-order valence-corrected chi connectivity index (χ2v) is 8.80. The highest BCUT2D eigenvalue weighted by Gasteiger charge is 2.28. The maximum absolute atomic E-state index is 10.9. The van der Waals surface area contributed by atoms with Crippen LogP contribution in [-0.4, -0.2) is 30.6 Å². The van der Waals surface area contributed by atoms with Gasteiger partial charge in [0.15, 0.2) is 8.32 Å². The van der Waals surface area contributed by atoms with E-state index in [1.807, 2.05) is 6.08 Å². The lowest BCUT2D eigenvalue weighted by atomic mass is 10.2. The number of rotatable bonds is 2. The van der Waals surface area contributed by atoms with Crippen LogP contribution in [0.15, 0.2) is 12.3 Å². The van der Waals surface area contributed by atoms with Crippen LogP contribution in [0.3, 0.4) is 0 Å². The summed E-state index contributed by atoms with van der Waals surface area (Å²) in [7, 11) is -1.67. The third-order valence-corrected chi connectivity index (χ3v) is 2.85. The number of carbonyl (C=O) groups is 1. The first-order chi connectivity index (χ1) is 6.40. The number of amides is 1. The zero-order valence-corrected chi connectivity index (χ0v) is 9.86. The Morgan fingerprint density at radius 1 is 1.57 bits per heavy atom. The highest BCUT2D eigenvalue weighted by Crippen LogP contribution is 2.20. The van der Waals surface area contributed by atoms with E-state index in [1.54, 1.807) is 6.20 Å². The summed E-state index contributed by atoms with van der Waals surface area (Å²) in [6, 6.07) is 0. The Morgan fingerprint density at radius 3 is 2.71 bits per heavy atom. The quantitative estimate of drug-likeness (QED) is 0.720. The maximum Gasteiger partial charge on any atom is 0.413 e. The van der Waals surface area contributed by atoms with Crippen molar-refractivity contribution in [2.75, 3.05) is 0 Å². The molecule has 4 nitrogen and oxygen atoms in total. The summed E-state index contributed by atoms with van der Waals surface area (Å²) in [5, 5.41) is 8.92. The van der Waals surface area contributed by atoms with Gasteiger partial charge in [-0.05, 0) is 32.5 Å². The lowest BCUT2D eigenvalue weighted by Gasteiger charge is -2.33. The van der Waals surface area contributed by atoms with E-state index in [0.29, 0.717) is 0 Å². The molecule has 0 aromatic heterocycles. The van der Waals surface area contributed by atoms with Gasteiger partial charge in [0.05, 0.1) is 0 Å². The average Bonchev–Trinajstić information content (AvgIpc) is 2.01. The molecular formula is C9H17NO3Si. The molecule has 80 valence electrons. The van der Waals surface area contributed by atoms with Gasteiger partial charge in [-0.15, -0.1) is 0 Å². The van der Waals surface area contributed by atoms with Crippen LogP contribution in [0.4, 0.5) is 4.79 Å². The van der Waals surface area contributed by atoms with Gasteiger partial charge in [-0.1, -0.05) is 6.08 Å². The summed E-state index contributed by atoms with van der Waals surface area (Å²) >= 11 is 0. The lowest BCUT2D eigenvalue weighted by molar-refractivity contribution is 0.0429. The van der Waals surface area contributed by atoms with Crippen molar-refractivity contribution < 1.29 is 14.3 Å². The summed E-state index contributed by atoms with van der Waals surface area (Å²) in [4.78, 5) is 12.1. The van der Waals surface area contributed by atoms with E-state index in [0.717, 1.165) is 12.8 Å². The maximum atomic E-state index is 10.9. The van der Waals surface area contributed by atoms with E-state index in [2.05, 4.69) is 19.6 Å². The predicted octanol–water partition coefficient (Wildman–Crippen LogP) is 2.45. The fourth-order valence-corrected chi connectivity index (χ4v) is 2.42. The molecule has 0 fully saturated rings. The molecule has 0 aromatic rings. The van der Waals surface area contributed by atoms with Crippen molar-refractivity contribution in [1.82, 2.24) is 4.90 Å². The molecule has 0 radical (unpaired) electrons. The van der Waals surface area contributed by atoms with Crippen LogP contribution in [0.5, 0.6) is 0 Å². The first-order valence-electron chi connectivity index (χ1n) is 4.76. The lowest BCUT2D eigenvalue weighted by Crippen LogP contribution is -2.44. The highest BCUT2D eigenvalue weighted by molar-refractivity contribution is 6.69. The highest BCUT2D eigenvalue weighted by atomic mass is 28.4. The number of nitrogens with zero attached hydrogens (tertiary/aromatic N) is 1. The van der Waals surface area contributed by atoms with Crippen molar-refractivity contribution >= 4 is 14.4 Å². The van der Waals surface area contributed by atoms with Crippen LogP contribution in [-0.2, 0) is 4.43 Å². The summed E-state index contributed by atoms with van der Waals surface area (Å²) < 4.78 is 5.79. The van der Waals surface area contributed by atoms with Crippen LogP contribution in [0.25, 0.3) is 0 Å². The van der Waals surface area contributed by atoms with E-state index in [9.17, 15) is 4.79 Å². The third kappa shape index (κ3) is 3.15. The van der Waals surface area contributed by atoms with Crippen molar-refractivity contribution in [2.45, 2.75) is 38.7 Å². The van der Waals surface area contributed by atoms with Crippen molar-refractivity contribution in [3.8, 4) is 0 Å². The monoisotopic (exact) mass is 215 g/mol. The van der Waals surface area contributed by atoms with Gasteiger partial charge in [-0.25, -0.2) is 4.79 Å². The molecule has 0 bridgehead atoms. The van der Waals surface area contributed by atoms with Gasteiger partial charge in [0.1, 0.15) is 6.23 Å². The third-order valence-electron chi connectivity index (χ3n) is 1.87. The molecule has 1 heterocycles. The van der Waals surface area contributed by atoms with Crippen LogP contribution in [0.2, 0.25) is 19.6 Å². The van der Waals surface area contributed by atoms with Gasteiger partial charge in [0.2, 0.25) is 0 Å². The molecule has 1 aliphatic heterocycles. The van der Waals surface area contributed by atoms with E-state index in [-0.39, 0.29) is 6.23 Å².